The monoisotopic (exact) mass is 486 g/mol. The van der Waals surface area contributed by atoms with E-state index in [0.29, 0.717) is 19.0 Å². The fourth-order valence-corrected chi connectivity index (χ4v) is 5.10. The van der Waals surface area contributed by atoms with Gasteiger partial charge in [-0.05, 0) is 52.9 Å². The van der Waals surface area contributed by atoms with E-state index in [1.165, 1.54) is 5.56 Å². The molecule has 0 saturated carbocycles. The van der Waals surface area contributed by atoms with E-state index in [9.17, 15) is 0 Å². The van der Waals surface area contributed by atoms with Crippen molar-refractivity contribution in [2.75, 3.05) is 34.7 Å². The quantitative estimate of drug-likeness (QED) is 0.348. The lowest BCUT2D eigenvalue weighted by Crippen LogP contribution is -2.43. The number of hydrogen-bond acceptors (Lipinski definition) is 6. The zero-order chi connectivity index (χ0) is 24.6. The van der Waals surface area contributed by atoms with Gasteiger partial charge in [0.15, 0.2) is 35.7 Å². The first-order chi connectivity index (χ1) is 17.7. The third-order valence-electron chi connectivity index (χ3n) is 6.93. The highest BCUT2D eigenvalue weighted by Crippen LogP contribution is 2.44. The lowest BCUT2D eigenvalue weighted by atomic mass is 9.88. The predicted octanol–water partition coefficient (Wildman–Crippen LogP) is 4.86. The van der Waals surface area contributed by atoms with Crippen LogP contribution in [0.1, 0.15) is 17.0 Å². The van der Waals surface area contributed by atoms with Gasteiger partial charge in [0.2, 0.25) is 12.5 Å². The number of aromatic nitrogens is 1. The number of fused-ring (bicyclic) bond motifs is 5. The zero-order valence-corrected chi connectivity index (χ0v) is 20.6. The van der Waals surface area contributed by atoms with E-state index >= 15 is 0 Å². The minimum absolute atomic E-state index is 0.138. The van der Waals surface area contributed by atoms with Gasteiger partial charge in [0.05, 0.1) is 51.4 Å². The van der Waals surface area contributed by atoms with Crippen molar-refractivity contribution >= 4 is 10.8 Å². The first kappa shape index (κ1) is 22.5. The summed E-state index contributed by atoms with van der Waals surface area (Å²) in [6.45, 7) is 2.10. The van der Waals surface area contributed by atoms with Gasteiger partial charge in [-0.15, -0.1) is 0 Å². The Morgan fingerprint density at radius 1 is 0.889 bits per heavy atom. The summed E-state index contributed by atoms with van der Waals surface area (Å²) in [5.74, 6) is 3.98. The van der Waals surface area contributed by atoms with Gasteiger partial charge in [0.25, 0.3) is 0 Å². The first-order valence-electron chi connectivity index (χ1n) is 11.9. The summed E-state index contributed by atoms with van der Waals surface area (Å²) < 4.78 is 36.4. The third kappa shape index (κ3) is 3.85. The normalized spacial score (nSPS) is 15.4. The molecule has 1 aromatic heterocycles. The van der Waals surface area contributed by atoms with Crippen LogP contribution in [0.25, 0.3) is 22.0 Å². The van der Waals surface area contributed by atoms with E-state index in [1.54, 1.807) is 21.3 Å². The van der Waals surface area contributed by atoms with Crippen LogP contribution in [0.3, 0.4) is 0 Å². The maximum Gasteiger partial charge on any atom is 0.231 e. The molecule has 7 nitrogen and oxygen atoms in total. The predicted molar refractivity (Wildman–Crippen MR) is 134 cm³/mol. The smallest absolute Gasteiger partial charge is 0.231 e. The van der Waals surface area contributed by atoms with E-state index in [-0.39, 0.29) is 12.7 Å². The highest BCUT2D eigenvalue weighted by molar-refractivity contribution is 5.91. The van der Waals surface area contributed by atoms with Crippen molar-refractivity contribution in [2.24, 2.45) is 0 Å². The van der Waals surface area contributed by atoms with Gasteiger partial charge >= 0.3 is 0 Å². The number of ether oxygens (including phenoxy) is 6. The van der Waals surface area contributed by atoms with Gasteiger partial charge < -0.3 is 28.4 Å². The van der Waals surface area contributed by atoms with Crippen molar-refractivity contribution in [3.63, 3.8) is 0 Å². The van der Waals surface area contributed by atoms with Gasteiger partial charge in [0.1, 0.15) is 5.75 Å². The molecule has 4 aromatic rings. The van der Waals surface area contributed by atoms with Gasteiger partial charge in [-0.1, -0.05) is 12.1 Å². The second-order valence-corrected chi connectivity index (χ2v) is 8.97. The van der Waals surface area contributed by atoms with Gasteiger partial charge in [0, 0.05) is 6.07 Å². The largest absolute Gasteiger partial charge is 0.497 e. The fraction of sp³-hybridized carbons (Fsp3) is 0.276. The minimum Gasteiger partial charge on any atom is -0.497 e. The number of rotatable bonds is 7. The SMILES string of the molecule is COc1ccc(COCC2C[n+]3cc4c(OC)c(OC)ccc4cc3-c3cc4c(cc32)OCO4)cc1. The van der Waals surface area contributed by atoms with E-state index in [0.717, 1.165) is 57.1 Å². The molecule has 0 fully saturated rings. The highest BCUT2D eigenvalue weighted by Gasteiger charge is 2.34. The Balaban J connectivity index is 1.37. The number of benzene rings is 3. The number of methoxy groups -OCH3 is 3. The molecule has 0 spiro atoms. The van der Waals surface area contributed by atoms with E-state index in [1.807, 2.05) is 30.3 Å². The van der Waals surface area contributed by atoms with Gasteiger partial charge in [-0.25, -0.2) is 0 Å². The molecule has 0 N–H and O–H groups in total. The van der Waals surface area contributed by atoms with Gasteiger partial charge in [-0.2, -0.15) is 4.57 Å². The van der Waals surface area contributed by atoms with E-state index in [2.05, 4.69) is 35.0 Å². The molecule has 0 bridgehead atoms. The summed E-state index contributed by atoms with van der Waals surface area (Å²) in [7, 11) is 5.00. The summed E-state index contributed by atoms with van der Waals surface area (Å²) in [5, 5.41) is 2.08. The molecule has 2 aliphatic heterocycles. The number of nitrogens with zero attached hydrogens (tertiary/aromatic N) is 1. The lowest BCUT2D eigenvalue weighted by Gasteiger charge is -2.24. The molecular formula is C29H28NO6+. The summed E-state index contributed by atoms with van der Waals surface area (Å²) in [5.41, 5.74) is 4.55. The van der Waals surface area contributed by atoms with Crippen LogP contribution >= 0.6 is 0 Å². The molecule has 6 rings (SSSR count). The Morgan fingerprint density at radius 3 is 2.44 bits per heavy atom. The molecule has 0 amide bonds. The third-order valence-corrected chi connectivity index (χ3v) is 6.93. The second kappa shape index (κ2) is 9.24. The van der Waals surface area contributed by atoms with Crippen molar-refractivity contribution in [1.29, 1.82) is 0 Å². The van der Waals surface area contributed by atoms with Crippen LogP contribution in [0.5, 0.6) is 28.7 Å². The van der Waals surface area contributed by atoms with E-state index < -0.39 is 0 Å². The van der Waals surface area contributed by atoms with Crippen molar-refractivity contribution in [3.05, 3.63) is 71.9 Å². The van der Waals surface area contributed by atoms with Crippen LogP contribution in [0.4, 0.5) is 0 Å². The topological polar surface area (TPSA) is 59.3 Å². The summed E-state index contributed by atoms with van der Waals surface area (Å²) in [6.07, 6.45) is 2.15. The van der Waals surface area contributed by atoms with Crippen molar-refractivity contribution in [1.82, 2.24) is 0 Å². The van der Waals surface area contributed by atoms with Crippen LogP contribution in [0.2, 0.25) is 0 Å². The Morgan fingerprint density at radius 2 is 1.69 bits per heavy atom. The maximum absolute atomic E-state index is 6.22. The average Bonchev–Trinajstić information content (AvgIpc) is 3.38. The van der Waals surface area contributed by atoms with Crippen molar-refractivity contribution < 1.29 is 33.0 Å². The van der Waals surface area contributed by atoms with Crippen LogP contribution in [0, 0.1) is 0 Å². The Hall–Kier alpha value is -3.97. The fourth-order valence-electron chi connectivity index (χ4n) is 5.10. The molecule has 0 saturated heterocycles. The second-order valence-electron chi connectivity index (χ2n) is 8.97. The first-order valence-corrected chi connectivity index (χ1v) is 11.9. The molecule has 36 heavy (non-hydrogen) atoms. The van der Waals surface area contributed by atoms with Crippen LogP contribution in [-0.4, -0.2) is 34.7 Å². The van der Waals surface area contributed by atoms with Crippen molar-refractivity contribution in [3.8, 4) is 40.0 Å². The highest BCUT2D eigenvalue weighted by atomic mass is 16.7. The Labute approximate surface area is 209 Å². The number of pyridine rings is 1. The lowest BCUT2D eigenvalue weighted by molar-refractivity contribution is -0.690. The summed E-state index contributed by atoms with van der Waals surface area (Å²) in [4.78, 5) is 0. The molecule has 1 atom stereocenters. The molecular weight excluding hydrogens is 458 g/mol. The molecule has 0 radical (unpaired) electrons. The number of hydrogen-bond donors (Lipinski definition) is 0. The average molecular weight is 487 g/mol. The minimum atomic E-state index is 0.138. The molecule has 1 unspecified atom stereocenters. The molecule has 3 aromatic carbocycles. The molecule has 2 aliphatic rings. The summed E-state index contributed by atoms with van der Waals surface area (Å²) in [6, 6.07) is 18.4. The Kier molecular flexibility index (Phi) is 5.77. The molecule has 3 heterocycles. The van der Waals surface area contributed by atoms with Crippen molar-refractivity contribution in [2.45, 2.75) is 19.1 Å². The van der Waals surface area contributed by atoms with Crippen LogP contribution in [0.15, 0.2) is 60.8 Å². The Bertz CT molecular complexity index is 1430. The van der Waals surface area contributed by atoms with Gasteiger partial charge in [-0.3, -0.25) is 0 Å². The molecule has 0 aliphatic carbocycles. The molecule has 7 heteroatoms. The zero-order valence-electron chi connectivity index (χ0n) is 20.6. The van der Waals surface area contributed by atoms with E-state index in [4.69, 9.17) is 28.4 Å². The van der Waals surface area contributed by atoms with Crippen LogP contribution < -0.4 is 28.3 Å². The molecule has 184 valence electrons. The van der Waals surface area contributed by atoms with Crippen LogP contribution in [-0.2, 0) is 17.9 Å². The summed E-state index contributed by atoms with van der Waals surface area (Å²) >= 11 is 0. The maximum atomic E-state index is 6.22. The standard InChI is InChI=1S/C29H28NO6/c1-31-21-7-4-18(5-8-21)15-34-16-20-13-30-14-24-19(6-9-26(32-2)29(24)33-3)10-25(30)23-12-28-27(11-22(20)23)35-17-36-28/h4-12,14,20H,13,15-17H2,1-3H3/q+1.